The molecule has 9 N–H and O–H groups in total. The molecule has 1 aliphatic carbocycles. The number of carbonyl (C=O) groups excluding carboxylic acids is 2. The molecule has 18 nitrogen and oxygen atoms in total. The Balaban J connectivity index is 2.72. The van der Waals surface area contributed by atoms with Crippen LogP contribution in [-0.4, -0.2) is 125 Å². The zero-order chi connectivity index (χ0) is 49.9. The lowest BCUT2D eigenvalue weighted by atomic mass is 9.85. The Hall–Kier alpha value is -2.64. The number of ether oxygens (including phenoxy) is 2. The van der Waals surface area contributed by atoms with Crippen molar-refractivity contribution in [3.8, 4) is 0 Å². The van der Waals surface area contributed by atoms with Gasteiger partial charge in [-0.2, -0.15) is 0 Å². The first-order valence-electron chi connectivity index (χ1n) is 23.6. The number of hydrogen-bond acceptors (Lipinski definition) is 15. The van der Waals surface area contributed by atoms with E-state index in [0.717, 1.165) is 64.2 Å². The van der Waals surface area contributed by atoms with E-state index in [4.69, 9.17) is 18.5 Å². The van der Waals surface area contributed by atoms with Crippen molar-refractivity contribution in [1.82, 2.24) is 0 Å². The van der Waals surface area contributed by atoms with Crippen molar-refractivity contribution in [2.75, 3.05) is 13.2 Å². The van der Waals surface area contributed by atoms with Crippen LogP contribution in [-0.2, 0) is 41.8 Å². The molecule has 1 rings (SSSR count). The summed E-state index contributed by atoms with van der Waals surface area (Å²) in [5.74, 6) is -1.52. The Bertz CT molecular complexity index is 1610. The molecule has 1 aliphatic rings. The third-order valence-corrected chi connectivity index (χ3v) is 12.0. The van der Waals surface area contributed by atoms with Crippen molar-refractivity contribution in [2.45, 2.75) is 197 Å². The molecule has 0 aliphatic heterocycles. The van der Waals surface area contributed by atoms with E-state index in [0.29, 0.717) is 12.8 Å². The van der Waals surface area contributed by atoms with Crippen LogP contribution in [0.4, 0.5) is 0 Å². The van der Waals surface area contributed by atoms with Gasteiger partial charge in [-0.3, -0.25) is 23.2 Å². The Labute approximate surface area is 397 Å². The monoisotopic (exact) mass is 994 g/mol. The number of allylic oxidation sites excluding steroid dienone is 11. The Morgan fingerprint density at radius 2 is 1.06 bits per heavy atom. The zero-order valence-corrected chi connectivity index (χ0v) is 41.1. The highest BCUT2D eigenvalue weighted by molar-refractivity contribution is 7.47. The summed E-state index contributed by atoms with van der Waals surface area (Å²) >= 11 is 0. The van der Waals surface area contributed by atoms with Crippen LogP contribution < -0.4 is 0 Å². The van der Waals surface area contributed by atoms with Gasteiger partial charge < -0.3 is 54.8 Å². The molecular formula is C47H80O18P2. The Morgan fingerprint density at radius 1 is 0.552 bits per heavy atom. The predicted molar refractivity (Wildman–Crippen MR) is 253 cm³/mol. The van der Waals surface area contributed by atoms with E-state index >= 15 is 0 Å². The first kappa shape index (κ1) is 62.4. The second-order valence-corrected chi connectivity index (χ2v) is 19.0. The molecule has 0 aromatic rings. The van der Waals surface area contributed by atoms with Crippen molar-refractivity contribution in [3.05, 3.63) is 72.9 Å². The molecule has 0 aromatic heterocycles. The van der Waals surface area contributed by atoms with Crippen LogP contribution >= 0.6 is 15.6 Å². The minimum absolute atomic E-state index is 0.0233. The quantitative estimate of drug-likeness (QED) is 0.0133. The molecule has 0 amide bonds. The van der Waals surface area contributed by atoms with Crippen molar-refractivity contribution in [2.24, 2.45) is 0 Å². The lowest BCUT2D eigenvalue weighted by Gasteiger charge is -2.43. The summed E-state index contributed by atoms with van der Waals surface area (Å²) in [4.78, 5) is 54.3. The number of esters is 2. The van der Waals surface area contributed by atoms with Gasteiger partial charge >= 0.3 is 27.6 Å². The maximum Gasteiger partial charge on any atom is 0.472 e. The van der Waals surface area contributed by atoms with E-state index in [2.05, 4.69) is 73.1 Å². The normalized spacial score (nSPS) is 23.0. The minimum Gasteiger partial charge on any atom is -0.462 e. The largest absolute Gasteiger partial charge is 0.472 e. The summed E-state index contributed by atoms with van der Waals surface area (Å²) in [5.41, 5.74) is 0. The number of phosphoric acid groups is 2. The Morgan fingerprint density at radius 3 is 1.64 bits per heavy atom. The van der Waals surface area contributed by atoms with Gasteiger partial charge in [0.05, 0.1) is 18.8 Å². The lowest BCUT2D eigenvalue weighted by molar-refractivity contribution is -0.216. The smallest absolute Gasteiger partial charge is 0.462 e. The summed E-state index contributed by atoms with van der Waals surface area (Å²) in [7, 11) is -10.8. The zero-order valence-electron chi connectivity index (χ0n) is 39.3. The minimum atomic E-state index is -5.40. The van der Waals surface area contributed by atoms with E-state index in [-0.39, 0.29) is 32.1 Å². The van der Waals surface area contributed by atoms with E-state index in [1.165, 1.54) is 19.3 Å². The van der Waals surface area contributed by atoms with Crippen LogP contribution in [0, 0.1) is 0 Å². The van der Waals surface area contributed by atoms with Crippen LogP contribution in [0.1, 0.15) is 142 Å². The summed E-state index contributed by atoms with van der Waals surface area (Å²) in [6.45, 7) is 2.70. The van der Waals surface area contributed by atoms with E-state index < -0.39 is 95.7 Å². The fourth-order valence-corrected chi connectivity index (χ4v) is 8.21. The maximum absolute atomic E-state index is 13.0. The number of hydrogen-bond donors (Lipinski definition) is 9. The van der Waals surface area contributed by atoms with Gasteiger partial charge in [-0.05, 0) is 83.5 Å². The maximum atomic E-state index is 13.0. The van der Waals surface area contributed by atoms with Crippen molar-refractivity contribution in [3.63, 3.8) is 0 Å². The van der Waals surface area contributed by atoms with Crippen LogP contribution in [0.15, 0.2) is 72.9 Å². The number of unbranched alkanes of at least 4 members (excludes halogenated alkanes) is 8. The molecule has 0 radical (unpaired) electrons. The summed E-state index contributed by atoms with van der Waals surface area (Å²) in [5, 5.41) is 62.1. The molecule has 1 fully saturated rings. The molecule has 1 saturated carbocycles. The molecule has 0 saturated heterocycles. The third-order valence-electron chi connectivity index (χ3n) is 10.5. The average Bonchev–Trinajstić information content (AvgIpc) is 3.28. The highest BCUT2D eigenvalue weighted by Gasteiger charge is 2.54. The van der Waals surface area contributed by atoms with Crippen LogP contribution in [0.5, 0.6) is 0 Å². The van der Waals surface area contributed by atoms with Crippen molar-refractivity contribution < 1.29 is 87.1 Å². The molecule has 0 spiro atoms. The second kappa shape index (κ2) is 37.2. The summed E-state index contributed by atoms with van der Waals surface area (Å²) < 4.78 is 49.1. The molecule has 10 atom stereocenters. The summed E-state index contributed by atoms with van der Waals surface area (Å²) in [6, 6.07) is 0. The molecule has 20 heteroatoms. The van der Waals surface area contributed by atoms with Gasteiger partial charge in [0.1, 0.15) is 43.2 Å². The predicted octanol–water partition coefficient (Wildman–Crippen LogP) is 6.78. The van der Waals surface area contributed by atoms with Gasteiger partial charge in [0.15, 0.2) is 6.10 Å². The van der Waals surface area contributed by atoms with Crippen LogP contribution in [0.3, 0.4) is 0 Å². The molecule has 7 unspecified atom stereocenters. The summed E-state index contributed by atoms with van der Waals surface area (Å²) in [6.07, 6.45) is 21.5. The van der Waals surface area contributed by atoms with E-state index in [1.54, 1.807) is 6.08 Å². The fraction of sp³-hybridized carbons (Fsp3) is 0.702. The standard InChI is InChI=1S/C47H80O18P2/c1-3-5-7-9-11-13-15-17-18-19-21-23-25-27-29-33-40(50)61-35-37(36-62-67(59,60)65-47-44(54)42(52)43(53)46(45(47)55)64-66(56,57)58)63-41(51)34-30-32-39(49)38(48)31-28-26-24-22-20-16-14-12-10-8-6-4-2/h5,7,11-14,17-18,20,22,26,28,37-39,42-49,52-55H,3-4,6,8-10,15-16,19,21,23-25,27,29-36H2,1-2H3,(H,59,60)(H2,56,57,58)/b7-5-,13-11-,14-12-,18-17-,22-20-,28-26-/t37-,38?,39?,42?,43?,44?,45?,46-,47+/m1/s1. The third kappa shape index (κ3) is 31.3. The molecule has 0 bridgehead atoms. The number of carbonyl (C=O) groups is 2. The van der Waals surface area contributed by atoms with Gasteiger partial charge in [0, 0.05) is 12.8 Å². The van der Waals surface area contributed by atoms with E-state index in [1.807, 2.05) is 12.2 Å². The Kier molecular flexibility index (Phi) is 34.7. The van der Waals surface area contributed by atoms with Crippen molar-refractivity contribution >= 4 is 27.6 Å². The number of rotatable bonds is 38. The number of aliphatic hydroxyl groups excluding tert-OH is 6. The second-order valence-electron chi connectivity index (χ2n) is 16.4. The van der Waals surface area contributed by atoms with Gasteiger partial charge in [-0.15, -0.1) is 0 Å². The van der Waals surface area contributed by atoms with Gasteiger partial charge in [-0.25, -0.2) is 9.13 Å². The van der Waals surface area contributed by atoms with Gasteiger partial charge in [-0.1, -0.05) is 119 Å². The first-order chi connectivity index (χ1) is 31.9. The molecule has 386 valence electrons. The van der Waals surface area contributed by atoms with Crippen molar-refractivity contribution in [1.29, 1.82) is 0 Å². The average molecular weight is 995 g/mol. The van der Waals surface area contributed by atoms with Gasteiger partial charge in [0.2, 0.25) is 0 Å². The lowest BCUT2D eigenvalue weighted by Crippen LogP contribution is -2.64. The highest BCUT2D eigenvalue weighted by atomic mass is 31.2. The van der Waals surface area contributed by atoms with Crippen LogP contribution in [0.25, 0.3) is 0 Å². The van der Waals surface area contributed by atoms with E-state index in [9.17, 15) is 64.0 Å². The van der Waals surface area contributed by atoms with Crippen LogP contribution in [0.2, 0.25) is 0 Å². The van der Waals surface area contributed by atoms with Gasteiger partial charge in [0.25, 0.3) is 0 Å². The topological polar surface area (TPSA) is 296 Å². The molecule has 0 aromatic carbocycles. The fourth-order valence-electron chi connectivity index (χ4n) is 6.67. The number of aliphatic hydroxyl groups is 6. The molecule has 67 heavy (non-hydrogen) atoms. The highest BCUT2D eigenvalue weighted by Crippen LogP contribution is 2.49. The SMILES string of the molecule is CC/C=C\C/C=C\C/C=C\CCCCCCCC(=O)OC[C@H](COP(=O)(O)O[C@H]1C(O)C(O)C(O)[C@@H](OP(=O)(O)O)C1O)OC(=O)CCCC(O)C(O)C/C=C\C/C=C\C/C=C\CCCCC. The number of phosphoric ester groups is 2. The molecule has 0 heterocycles. The first-order valence-corrected chi connectivity index (χ1v) is 26.7. The molecular weight excluding hydrogens is 914 g/mol.